The smallest absolute Gasteiger partial charge is 0.223 e. The second-order valence-corrected chi connectivity index (χ2v) is 4.41. The Balaban J connectivity index is 2.60. The molecular formula is C9H14ClN3OS. The fourth-order valence-corrected chi connectivity index (χ4v) is 2.18. The molecule has 1 rings (SSSR count). The number of aryl methyl sites for hydroxylation is 1. The van der Waals surface area contributed by atoms with Crippen LogP contribution in [-0.2, 0) is 4.74 Å². The number of halogens is 1. The number of rotatable bonds is 5. The van der Waals surface area contributed by atoms with Gasteiger partial charge < -0.3 is 10.5 Å². The summed E-state index contributed by atoms with van der Waals surface area (Å²) in [6.07, 6.45) is 0.960. The Hall–Kier alpha value is -0.520. The summed E-state index contributed by atoms with van der Waals surface area (Å²) in [6, 6.07) is 0. The third-order valence-electron chi connectivity index (χ3n) is 1.81. The first kappa shape index (κ1) is 12.5. The summed E-state index contributed by atoms with van der Waals surface area (Å²) < 4.78 is 4.95. The lowest BCUT2D eigenvalue weighted by Crippen LogP contribution is -2.00. The van der Waals surface area contributed by atoms with Crippen LogP contribution in [0.5, 0.6) is 0 Å². The minimum Gasteiger partial charge on any atom is -0.395 e. The van der Waals surface area contributed by atoms with E-state index in [9.17, 15) is 0 Å². The number of nitrogens with zero attached hydrogens (tertiary/aromatic N) is 2. The topological polar surface area (TPSA) is 61.0 Å². The average molecular weight is 248 g/mol. The number of ether oxygens (including phenoxy) is 1. The summed E-state index contributed by atoms with van der Waals surface area (Å²) in [5, 5.41) is 1.000. The molecule has 0 unspecified atom stereocenters. The minimum absolute atomic E-state index is 0.246. The van der Waals surface area contributed by atoms with E-state index in [1.165, 1.54) is 0 Å². The van der Waals surface area contributed by atoms with E-state index in [0.29, 0.717) is 5.69 Å². The van der Waals surface area contributed by atoms with Gasteiger partial charge in [-0.15, -0.1) is 11.8 Å². The number of thioether (sulfide) groups is 1. The van der Waals surface area contributed by atoms with Gasteiger partial charge in [0.15, 0.2) is 0 Å². The van der Waals surface area contributed by atoms with Crippen molar-refractivity contribution in [1.29, 1.82) is 0 Å². The molecule has 0 radical (unpaired) electrons. The van der Waals surface area contributed by atoms with E-state index < -0.39 is 0 Å². The molecule has 0 aromatic carbocycles. The molecule has 0 saturated heterocycles. The normalized spacial score (nSPS) is 10.6. The fourth-order valence-electron chi connectivity index (χ4n) is 1.00. The standard InChI is InChI=1S/C9H14ClN3OS/c1-6-7(11)8(13-9(10)12-6)15-5-3-4-14-2/h3-5,11H2,1-2H3. The average Bonchev–Trinajstić information content (AvgIpc) is 2.19. The van der Waals surface area contributed by atoms with Crippen molar-refractivity contribution < 1.29 is 4.74 Å². The highest BCUT2D eigenvalue weighted by molar-refractivity contribution is 7.99. The van der Waals surface area contributed by atoms with Gasteiger partial charge in [0.05, 0.1) is 11.4 Å². The first-order valence-electron chi connectivity index (χ1n) is 4.56. The third-order valence-corrected chi connectivity index (χ3v) is 3.05. The van der Waals surface area contributed by atoms with E-state index >= 15 is 0 Å². The molecule has 0 saturated carbocycles. The van der Waals surface area contributed by atoms with Crippen LogP contribution in [0.15, 0.2) is 5.03 Å². The van der Waals surface area contributed by atoms with Gasteiger partial charge >= 0.3 is 0 Å². The number of anilines is 1. The molecular weight excluding hydrogens is 234 g/mol. The largest absolute Gasteiger partial charge is 0.395 e. The van der Waals surface area contributed by atoms with Crippen LogP contribution < -0.4 is 5.73 Å². The van der Waals surface area contributed by atoms with Crippen molar-refractivity contribution in [2.24, 2.45) is 0 Å². The molecule has 1 aromatic rings. The van der Waals surface area contributed by atoms with Gasteiger partial charge in [-0.05, 0) is 24.9 Å². The van der Waals surface area contributed by atoms with Gasteiger partial charge in [0, 0.05) is 19.5 Å². The van der Waals surface area contributed by atoms with Gasteiger partial charge in [0.1, 0.15) is 5.03 Å². The van der Waals surface area contributed by atoms with Crippen LogP contribution in [0.25, 0.3) is 0 Å². The van der Waals surface area contributed by atoms with Crippen LogP contribution in [0.2, 0.25) is 5.28 Å². The molecule has 0 aliphatic rings. The van der Waals surface area contributed by atoms with E-state index in [1.54, 1.807) is 18.9 Å². The molecule has 4 nitrogen and oxygen atoms in total. The summed E-state index contributed by atoms with van der Waals surface area (Å²) in [5.74, 6) is 0.908. The van der Waals surface area contributed by atoms with Crippen LogP contribution in [-0.4, -0.2) is 29.4 Å². The first-order valence-corrected chi connectivity index (χ1v) is 5.93. The number of aromatic nitrogens is 2. The molecule has 84 valence electrons. The molecule has 2 N–H and O–H groups in total. The maximum absolute atomic E-state index is 5.83. The zero-order chi connectivity index (χ0) is 11.3. The molecule has 0 amide bonds. The zero-order valence-corrected chi connectivity index (χ0v) is 10.4. The lowest BCUT2D eigenvalue weighted by atomic mass is 10.4. The van der Waals surface area contributed by atoms with Gasteiger partial charge in [-0.2, -0.15) is 0 Å². The van der Waals surface area contributed by atoms with Gasteiger partial charge in [-0.3, -0.25) is 0 Å². The van der Waals surface area contributed by atoms with Crippen molar-refractivity contribution in [3.8, 4) is 0 Å². The number of methoxy groups -OCH3 is 1. The molecule has 0 aliphatic carbocycles. The van der Waals surface area contributed by atoms with Gasteiger partial charge in [-0.25, -0.2) is 9.97 Å². The highest BCUT2D eigenvalue weighted by atomic mass is 35.5. The fraction of sp³-hybridized carbons (Fsp3) is 0.556. The summed E-state index contributed by atoms with van der Waals surface area (Å²) >= 11 is 7.32. The number of hydrogen-bond donors (Lipinski definition) is 1. The van der Waals surface area contributed by atoms with Crippen LogP contribution in [0, 0.1) is 6.92 Å². The van der Waals surface area contributed by atoms with Crippen LogP contribution in [0.4, 0.5) is 5.69 Å². The van der Waals surface area contributed by atoms with E-state index in [2.05, 4.69) is 9.97 Å². The van der Waals surface area contributed by atoms with Gasteiger partial charge in [-0.1, -0.05) is 0 Å². The highest BCUT2D eigenvalue weighted by Gasteiger charge is 2.07. The number of nitrogens with two attached hydrogens (primary N) is 1. The summed E-state index contributed by atoms with van der Waals surface area (Å²) in [7, 11) is 1.69. The number of nitrogen functional groups attached to an aromatic ring is 1. The monoisotopic (exact) mass is 247 g/mol. The van der Waals surface area contributed by atoms with Crippen LogP contribution in [0.1, 0.15) is 12.1 Å². The molecule has 0 bridgehead atoms. The Morgan fingerprint density at radius 2 is 2.20 bits per heavy atom. The SMILES string of the molecule is COCCCSc1nc(Cl)nc(C)c1N. The Labute approximate surface area is 98.6 Å². The highest BCUT2D eigenvalue weighted by Crippen LogP contribution is 2.26. The first-order chi connectivity index (χ1) is 7.15. The predicted octanol–water partition coefficient (Wildman–Crippen LogP) is 2.15. The third kappa shape index (κ3) is 3.85. The van der Waals surface area contributed by atoms with Crippen molar-refractivity contribution in [2.75, 3.05) is 25.2 Å². The molecule has 0 spiro atoms. The minimum atomic E-state index is 0.246. The maximum Gasteiger partial charge on any atom is 0.223 e. The summed E-state index contributed by atoms with van der Waals surface area (Å²) in [4.78, 5) is 8.05. The van der Waals surface area contributed by atoms with E-state index in [-0.39, 0.29) is 5.28 Å². The molecule has 15 heavy (non-hydrogen) atoms. The molecule has 1 heterocycles. The Kier molecular flexibility index (Phi) is 5.14. The molecule has 0 aliphatic heterocycles. The number of hydrogen-bond acceptors (Lipinski definition) is 5. The van der Waals surface area contributed by atoms with Crippen LogP contribution >= 0.6 is 23.4 Å². The van der Waals surface area contributed by atoms with E-state index in [0.717, 1.165) is 29.5 Å². The Morgan fingerprint density at radius 3 is 2.87 bits per heavy atom. The van der Waals surface area contributed by atoms with Crippen molar-refractivity contribution >= 4 is 29.1 Å². The molecule has 6 heteroatoms. The summed E-state index contributed by atoms with van der Waals surface area (Å²) in [6.45, 7) is 2.56. The van der Waals surface area contributed by atoms with E-state index in [1.807, 2.05) is 6.92 Å². The predicted molar refractivity (Wildman–Crippen MR) is 63.4 cm³/mol. The maximum atomic E-state index is 5.83. The Bertz CT molecular complexity index is 335. The molecule has 1 aromatic heterocycles. The second kappa shape index (κ2) is 6.15. The lowest BCUT2D eigenvalue weighted by molar-refractivity contribution is 0.200. The second-order valence-electron chi connectivity index (χ2n) is 2.99. The van der Waals surface area contributed by atoms with Crippen molar-refractivity contribution in [1.82, 2.24) is 9.97 Å². The van der Waals surface area contributed by atoms with Gasteiger partial charge in [0.25, 0.3) is 0 Å². The van der Waals surface area contributed by atoms with Crippen molar-refractivity contribution in [3.63, 3.8) is 0 Å². The zero-order valence-electron chi connectivity index (χ0n) is 8.79. The molecule has 0 atom stereocenters. The Morgan fingerprint density at radius 1 is 1.47 bits per heavy atom. The van der Waals surface area contributed by atoms with Crippen molar-refractivity contribution in [3.05, 3.63) is 11.0 Å². The van der Waals surface area contributed by atoms with Crippen LogP contribution in [0.3, 0.4) is 0 Å². The van der Waals surface area contributed by atoms with E-state index in [4.69, 9.17) is 22.1 Å². The summed E-state index contributed by atoms with van der Waals surface area (Å²) in [5.41, 5.74) is 7.17. The molecule has 0 fully saturated rings. The quantitative estimate of drug-likeness (QED) is 0.374. The van der Waals surface area contributed by atoms with Gasteiger partial charge in [0.2, 0.25) is 5.28 Å². The lowest BCUT2D eigenvalue weighted by Gasteiger charge is -2.06. The van der Waals surface area contributed by atoms with Crippen molar-refractivity contribution in [2.45, 2.75) is 18.4 Å².